The first kappa shape index (κ1) is 19.5. The summed E-state index contributed by atoms with van der Waals surface area (Å²) < 4.78 is 0. The SMILES string of the molecule is NCCN=C(NCCNC(=O)CCc1ccccc1)Nc1ccccc1. The lowest BCUT2D eigenvalue weighted by Crippen LogP contribution is -2.38. The number of para-hydroxylation sites is 1. The van der Waals surface area contributed by atoms with Crippen molar-refractivity contribution < 1.29 is 4.79 Å². The lowest BCUT2D eigenvalue weighted by molar-refractivity contribution is -0.121. The molecule has 2 aromatic carbocycles. The lowest BCUT2D eigenvalue weighted by Gasteiger charge is -2.13. The first-order valence-corrected chi connectivity index (χ1v) is 8.89. The van der Waals surface area contributed by atoms with Gasteiger partial charge in [0.2, 0.25) is 5.91 Å². The molecule has 0 saturated heterocycles. The first-order valence-electron chi connectivity index (χ1n) is 8.89. The molecule has 0 aliphatic heterocycles. The summed E-state index contributed by atoms with van der Waals surface area (Å²) in [5, 5.41) is 9.34. The molecule has 0 unspecified atom stereocenters. The summed E-state index contributed by atoms with van der Waals surface area (Å²) in [7, 11) is 0. The van der Waals surface area contributed by atoms with Crippen LogP contribution in [0.15, 0.2) is 65.7 Å². The van der Waals surface area contributed by atoms with Crippen molar-refractivity contribution in [3.05, 3.63) is 66.2 Å². The minimum Gasteiger partial charge on any atom is -0.354 e. The number of rotatable bonds is 9. The van der Waals surface area contributed by atoms with Crippen LogP contribution in [0.4, 0.5) is 5.69 Å². The summed E-state index contributed by atoms with van der Waals surface area (Å²) in [5.41, 5.74) is 7.64. The Labute approximate surface area is 154 Å². The highest BCUT2D eigenvalue weighted by atomic mass is 16.1. The molecular weight excluding hydrogens is 326 g/mol. The minimum atomic E-state index is 0.0483. The van der Waals surface area contributed by atoms with Crippen LogP contribution in [-0.4, -0.2) is 38.0 Å². The first-order chi connectivity index (χ1) is 12.8. The molecule has 0 fully saturated rings. The highest BCUT2D eigenvalue weighted by Gasteiger charge is 2.03. The molecule has 26 heavy (non-hydrogen) atoms. The fraction of sp³-hybridized carbons (Fsp3) is 0.300. The lowest BCUT2D eigenvalue weighted by atomic mass is 10.1. The number of hydrogen-bond donors (Lipinski definition) is 4. The van der Waals surface area contributed by atoms with Gasteiger partial charge in [0.15, 0.2) is 5.96 Å². The Balaban J connectivity index is 1.68. The molecule has 6 heteroatoms. The van der Waals surface area contributed by atoms with Gasteiger partial charge >= 0.3 is 0 Å². The van der Waals surface area contributed by atoms with E-state index in [-0.39, 0.29) is 5.91 Å². The number of aryl methyl sites for hydroxylation is 1. The smallest absolute Gasteiger partial charge is 0.220 e. The van der Waals surface area contributed by atoms with E-state index in [1.165, 1.54) is 5.56 Å². The van der Waals surface area contributed by atoms with E-state index in [0.717, 1.165) is 12.1 Å². The van der Waals surface area contributed by atoms with Gasteiger partial charge in [-0.2, -0.15) is 0 Å². The fourth-order valence-corrected chi connectivity index (χ4v) is 2.35. The molecule has 0 bridgehead atoms. The second kappa shape index (κ2) is 11.7. The monoisotopic (exact) mass is 353 g/mol. The third-order valence-electron chi connectivity index (χ3n) is 3.66. The number of amides is 1. The van der Waals surface area contributed by atoms with Gasteiger partial charge in [-0.3, -0.25) is 9.79 Å². The van der Waals surface area contributed by atoms with Crippen LogP contribution < -0.4 is 21.7 Å². The number of hydrogen-bond acceptors (Lipinski definition) is 3. The molecule has 6 nitrogen and oxygen atoms in total. The van der Waals surface area contributed by atoms with E-state index < -0.39 is 0 Å². The van der Waals surface area contributed by atoms with Crippen LogP contribution in [0.25, 0.3) is 0 Å². The van der Waals surface area contributed by atoms with E-state index in [1.54, 1.807) is 0 Å². The highest BCUT2D eigenvalue weighted by Crippen LogP contribution is 2.04. The average molecular weight is 353 g/mol. The van der Waals surface area contributed by atoms with Gasteiger partial charge in [0, 0.05) is 31.7 Å². The quantitative estimate of drug-likeness (QED) is 0.314. The van der Waals surface area contributed by atoms with Crippen molar-refractivity contribution in [3.63, 3.8) is 0 Å². The van der Waals surface area contributed by atoms with Gasteiger partial charge in [-0.1, -0.05) is 48.5 Å². The number of anilines is 1. The van der Waals surface area contributed by atoms with Crippen LogP contribution in [0.5, 0.6) is 0 Å². The standard InChI is InChI=1S/C20H27N5O/c21-13-14-23-20(25-18-9-5-2-6-10-18)24-16-15-22-19(26)12-11-17-7-3-1-4-8-17/h1-10H,11-16,21H2,(H,22,26)(H2,23,24,25). The van der Waals surface area contributed by atoms with Crippen molar-refractivity contribution in [2.75, 3.05) is 31.5 Å². The van der Waals surface area contributed by atoms with Crippen molar-refractivity contribution in [2.45, 2.75) is 12.8 Å². The van der Waals surface area contributed by atoms with E-state index in [4.69, 9.17) is 5.73 Å². The van der Waals surface area contributed by atoms with E-state index in [0.29, 0.717) is 38.6 Å². The zero-order valence-corrected chi connectivity index (χ0v) is 14.9. The summed E-state index contributed by atoms with van der Waals surface area (Å²) in [6.45, 7) is 2.13. The van der Waals surface area contributed by atoms with Gasteiger partial charge < -0.3 is 21.7 Å². The normalized spacial score (nSPS) is 11.0. The molecule has 138 valence electrons. The Morgan fingerprint density at radius 1 is 0.923 bits per heavy atom. The molecule has 0 saturated carbocycles. The van der Waals surface area contributed by atoms with Gasteiger partial charge in [-0.25, -0.2) is 0 Å². The molecule has 0 aliphatic carbocycles. The maximum atomic E-state index is 11.9. The maximum Gasteiger partial charge on any atom is 0.220 e. The fourth-order valence-electron chi connectivity index (χ4n) is 2.35. The van der Waals surface area contributed by atoms with Crippen LogP contribution in [0, 0.1) is 0 Å². The second-order valence-electron chi connectivity index (χ2n) is 5.77. The molecule has 2 rings (SSSR count). The number of aliphatic imine (C=N–C) groups is 1. The summed E-state index contributed by atoms with van der Waals surface area (Å²) in [6.07, 6.45) is 1.24. The number of benzene rings is 2. The molecule has 0 radical (unpaired) electrons. The molecule has 5 N–H and O–H groups in total. The van der Waals surface area contributed by atoms with Crippen molar-refractivity contribution in [2.24, 2.45) is 10.7 Å². The van der Waals surface area contributed by atoms with Crippen LogP contribution in [0.2, 0.25) is 0 Å². The molecule has 0 aliphatic rings. The van der Waals surface area contributed by atoms with E-state index in [9.17, 15) is 4.79 Å². The van der Waals surface area contributed by atoms with Crippen LogP contribution in [-0.2, 0) is 11.2 Å². The highest BCUT2D eigenvalue weighted by molar-refractivity contribution is 5.93. The van der Waals surface area contributed by atoms with Gasteiger partial charge in [-0.05, 0) is 24.1 Å². The Morgan fingerprint density at radius 2 is 1.58 bits per heavy atom. The van der Waals surface area contributed by atoms with Crippen molar-refractivity contribution in [1.29, 1.82) is 0 Å². The Kier molecular flexibility index (Phi) is 8.72. The molecule has 0 aromatic heterocycles. The average Bonchev–Trinajstić information content (AvgIpc) is 2.69. The van der Waals surface area contributed by atoms with Crippen molar-refractivity contribution in [3.8, 4) is 0 Å². The number of nitrogens with one attached hydrogen (secondary N) is 3. The minimum absolute atomic E-state index is 0.0483. The number of guanidine groups is 1. The maximum absolute atomic E-state index is 11.9. The summed E-state index contributed by atoms with van der Waals surface area (Å²) in [5.74, 6) is 0.701. The molecule has 0 atom stereocenters. The van der Waals surface area contributed by atoms with Crippen LogP contribution in [0.3, 0.4) is 0 Å². The van der Waals surface area contributed by atoms with Crippen molar-refractivity contribution >= 4 is 17.6 Å². The third-order valence-corrected chi connectivity index (χ3v) is 3.66. The third kappa shape index (κ3) is 7.81. The number of nitrogens with two attached hydrogens (primary N) is 1. The molecule has 2 aromatic rings. The largest absolute Gasteiger partial charge is 0.354 e. The van der Waals surface area contributed by atoms with E-state index in [1.807, 2.05) is 60.7 Å². The van der Waals surface area contributed by atoms with E-state index in [2.05, 4.69) is 20.9 Å². The molecule has 0 spiro atoms. The number of nitrogens with zero attached hydrogens (tertiary/aromatic N) is 1. The van der Waals surface area contributed by atoms with Gasteiger partial charge in [0.1, 0.15) is 0 Å². The van der Waals surface area contributed by atoms with Crippen LogP contribution in [0.1, 0.15) is 12.0 Å². The van der Waals surface area contributed by atoms with Gasteiger partial charge in [0.25, 0.3) is 0 Å². The molecular formula is C20H27N5O. The Bertz CT molecular complexity index is 673. The predicted octanol–water partition coefficient (Wildman–Crippen LogP) is 1.75. The molecule has 0 heterocycles. The van der Waals surface area contributed by atoms with Gasteiger partial charge in [0.05, 0.1) is 6.54 Å². The summed E-state index contributed by atoms with van der Waals surface area (Å²) in [6, 6.07) is 19.8. The zero-order valence-electron chi connectivity index (χ0n) is 14.9. The predicted molar refractivity (Wildman–Crippen MR) is 107 cm³/mol. The van der Waals surface area contributed by atoms with Crippen molar-refractivity contribution in [1.82, 2.24) is 10.6 Å². The zero-order chi connectivity index (χ0) is 18.5. The molecule has 1 amide bonds. The summed E-state index contributed by atoms with van der Waals surface area (Å²) >= 11 is 0. The van der Waals surface area contributed by atoms with E-state index >= 15 is 0 Å². The Morgan fingerprint density at radius 3 is 2.27 bits per heavy atom. The van der Waals surface area contributed by atoms with Gasteiger partial charge in [-0.15, -0.1) is 0 Å². The second-order valence-corrected chi connectivity index (χ2v) is 5.77. The van der Waals surface area contributed by atoms with Crippen LogP contribution >= 0.6 is 0 Å². The topological polar surface area (TPSA) is 91.5 Å². The number of carbonyl (C=O) groups excluding carboxylic acids is 1. The Hall–Kier alpha value is -2.86. The summed E-state index contributed by atoms with van der Waals surface area (Å²) in [4.78, 5) is 16.3. The number of carbonyl (C=O) groups is 1.